The molecule has 30 heavy (non-hydrogen) atoms. The molecule has 0 aliphatic carbocycles. The predicted molar refractivity (Wildman–Crippen MR) is 119 cm³/mol. The lowest BCUT2D eigenvalue weighted by Crippen LogP contribution is -2.30. The van der Waals surface area contributed by atoms with Crippen LogP contribution < -0.4 is 24.8 Å². The molecule has 1 aromatic carbocycles. The first kappa shape index (κ1) is 25.6. The van der Waals surface area contributed by atoms with Crippen LogP contribution in [0.15, 0.2) is 41.5 Å². The van der Waals surface area contributed by atoms with Crippen LogP contribution in [0.1, 0.15) is 12.5 Å². The molecular weight excluding hydrogens is 516 g/mol. The van der Waals surface area contributed by atoms with E-state index < -0.39 is 12.8 Å². The van der Waals surface area contributed by atoms with E-state index in [1.54, 1.807) is 32.4 Å². The highest BCUT2D eigenvalue weighted by molar-refractivity contribution is 14.0. The third-order valence-corrected chi connectivity index (χ3v) is 3.59. The molecule has 11 heteroatoms. The maximum Gasteiger partial charge on any atom is 0.422 e. The molecule has 2 aromatic rings. The van der Waals surface area contributed by atoms with Crippen molar-refractivity contribution in [1.29, 1.82) is 0 Å². The Kier molecular flexibility index (Phi) is 10.5. The molecule has 0 saturated carbocycles. The normalized spacial score (nSPS) is 11.3. The van der Waals surface area contributed by atoms with Crippen LogP contribution in [0.2, 0.25) is 0 Å². The zero-order valence-electron chi connectivity index (χ0n) is 16.7. The van der Waals surface area contributed by atoms with Crippen molar-refractivity contribution < 1.29 is 27.4 Å². The minimum absolute atomic E-state index is 0. The number of anilines is 1. The van der Waals surface area contributed by atoms with Crippen molar-refractivity contribution in [3.63, 3.8) is 0 Å². The molecule has 0 unspecified atom stereocenters. The van der Waals surface area contributed by atoms with Crippen LogP contribution >= 0.6 is 24.0 Å². The van der Waals surface area contributed by atoms with Crippen molar-refractivity contribution in [3.05, 3.63) is 42.1 Å². The Balaban J connectivity index is 0.00000450. The molecule has 0 saturated heterocycles. The molecule has 166 valence electrons. The Morgan fingerprint density at radius 1 is 1.13 bits per heavy atom. The highest BCUT2D eigenvalue weighted by Gasteiger charge is 2.28. The van der Waals surface area contributed by atoms with E-state index in [-0.39, 0.29) is 29.9 Å². The van der Waals surface area contributed by atoms with Gasteiger partial charge in [-0.15, -0.1) is 24.0 Å². The Labute approximate surface area is 190 Å². The fourth-order valence-corrected chi connectivity index (χ4v) is 2.28. The second-order valence-corrected chi connectivity index (χ2v) is 5.76. The fraction of sp³-hybridized carbons (Fsp3) is 0.368. The summed E-state index contributed by atoms with van der Waals surface area (Å²) in [6, 6.07) is 8.41. The summed E-state index contributed by atoms with van der Waals surface area (Å²) in [5.74, 6) is 1.64. The lowest BCUT2D eigenvalue weighted by Gasteiger charge is -2.14. The molecule has 1 aromatic heterocycles. The van der Waals surface area contributed by atoms with E-state index in [2.05, 4.69) is 25.3 Å². The van der Waals surface area contributed by atoms with Gasteiger partial charge in [-0.3, -0.25) is 4.99 Å². The minimum Gasteiger partial charge on any atom is -0.493 e. The van der Waals surface area contributed by atoms with Gasteiger partial charge in [0, 0.05) is 37.6 Å². The van der Waals surface area contributed by atoms with Gasteiger partial charge in [0.15, 0.2) is 24.1 Å². The summed E-state index contributed by atoms with van der Waals surface area (Å²) in [7, 11) is 3.18. The van der Waals surface area contributed by atoms with Crippen LogP contribution in [-0.4, -0.2) is 44.5 Å². The molecule has 2 rings (SSSR count). The maximum absolute atomic E-state index is 12.2. The van der Waals surface area contributed by atoms with Crippen LogP contribution in [0.25, 0.3) is 0 Å². The third-order valence-electron chi connectivity index (χ3n) is 3.59. The second kappa shape index (κ2) is 12.3. The number of hydrogen-bond acceptors (Lipinski definition) is 5. The Morgan fingerprint density at radius 2 is 1.90 bits per heavy atom. The number of rotatable bonds is 8. The number of halogens is 4. The van der Waals surface area contributed by atoms with Crippen LogP contribution in [-0.2, 0) is 6.54 Å². The number of alkyl halides is 3. The lowest BCUT2D eigenvalue weighted by atomic mass is 10.2. The first-order valence-corrected chi connectivity index (χ1v) is 8.77. The largest absolute Gasteiger partial charge is 0.493 e. The number of aliphatic imine (C=N–C) groups is 1. The van der Waals surface area contributed by atoms with Crippen molar-refractivity contribution in [2.45, 2.75) is 19.6 Å². The number of pyridine rings is 1. The number of ether oxygens (including phenoxy) is 3. The smallest absolute Gasteiger partial charge is 0.422 e. The number of nitrogens with zero attached hydrogens (tertiary/aromatic N) is 2. The molecular formula is C19H24F3IN4O3. The third kappa shape index (κ3) is 8.51. The molecule has 0 aliphatic rings. The fourth-order valence-electron chi connectivity index (χ4n) is 2.28. The van der Waals surface area contributed by atoms with E-state index in [4.69, 9.17) is 9.47 Å². The van der Waals surface area contributed by atoms with Gasteiger partial charge in [-0.05, 0) is 24.6 Å². The first-order valence-electron chi connectivity index (χ1n) is 8.77. The van der Waals surface area contributed by atoms with Crippen LogP contribution in [0.4, 0.5) is 18.9 Å². The molecule has 0 fully saturated rings. The molecule has 2 N–H and O–H groups in total. The van der Waals surface area contributed by atoms with Crippen molar-refractivity contribution >= 4 is 35.6 Å². The molecule has 0 aliphatic heterocycles. The molecule has 0 spiro atoms. The van der Waals surface area contributed by atoms with Gasteiger partial charge in [0.1, 0.15) is 0 Å². The van der Waals surface area contributed by atoms with Gasteiger partial charge in [-0.1, -0.05) is 6.07 Å². The van der Waals surface area contributed by atoms with Gasteiger partial charge in [-0.2, -0.15) is 13.2 Å². The summed E-state index contributed by atoms with van der Waals surface area (Å²) in [5.41, 5.74) is 1.49. The Bertz CT molecular complexity index is 818. The number of guanidine groups is 1. The number of nitrogens with one attached hydrogen (secondary N) is 2. The summed E-state index contributed by atoms with van der Waals surface area (Å²) in [5, 5.41) is 6.22. The van der Waals surface area contributed by atoms with E-state index in [9.17, 15) is 13.2 Å². The van der Waals surface area contributed by atoms with Crippen LogP contribution in [0.5, 0.6) is 17.4 Å². The summed E-state index contributed by atoms with van der Waals surface area (Å²) in [4.78, 5) is 8.01. The van der Waals surface area contributed by atoms with Crippen molar-refractivity contribution in [2.24, 2.45) is 4.99 Å². The second-order valence-electron chi connectivity index (χ2n) is 5.76. The zero-order valence-corrected chi connectivity index (χ0v) is 19.1. The van der Waals surface area contributed by atoms with Gasteiger partial charge in [-0.25, -0.2) is 4.98 Å². The van der Waals surface area contributed by atoms with Gasteiger partial charge < -0.3 is 24.8 Å². The average Bonchev–Trinajstić information content (AvgIpc) is 2.70. The van der Waals surface area contributed by atoms with E-state index in [1.165, 1.54) is 12.3 Å². The molecule has 0 radical (unpaired) electrons. The Hall–Kier alpha value is -2.44. The van der Waals surface area contributed by atoms with E-state index >= 15 is 0 Å². The van der Waals surface area contributed by atoms with Crippen molar-refractivity contribution in [2.75, 3.05) is 32.7 Å². The minimum atomic E-state index is -4.40. The highest BCUT2D eigenvalue weighted by Crippen LogP contribution is 2.30. The van der Waals surface area contributed by atoms with E-state index in [0.29, 0.717) is 30.6 Å². The van der Waals surface area contributed by atoms with Gasteiger partial charge in [0.2, 0.25) is 5.88 Å². The predicted octanol–water partition coefficient (Wildman–Crippen LogP) is 4.24. The summed E-state index contributed by atoms with van der Waals surface area (Å²) < 4.78 is 51.9. The average molecular weight is 540 g/mol. The standard InChI is InChI=1S/C19H23F3N4O3.HI/c1-4-28-15-7-6-14(9-16(15)27-3)26-18(23-2)25-11-13-5-8-17(24-10-13)29-12-19(20,21)22;/h5-10H,4,11-12H2,1-3H3,(H2,23,25,26);1H. The number of aromatic nitrogens is 1. The van der Waals surface area contributed by atoms with Gasteiger partial charge >= 0.3 is 6.18 Å². The number of benzene rings is 1. The van der Waals surface area contributed by atoms with E-state index in [0.717, 1.165) is 11.3 Å². The zero-order chi connectivity index (χ0) is 21.3. The lowest BCUT2D eigenvalue weighted by molar-refractivity contribution is -0.154. The summed E-state index contributed by atoms with van der Waals surface area (Å²) in [6.45, 7) is 1.40. The molecule has 0 atom stereocenters. The molecule has 0 bridgehead atoms. The molecule has 7 nitrogen and oxygen atoms in total. The summed E-state index contributed by atoms with van der Waals surface area (Å²) >= 11 is 0. The number of hydrogen-bond donors (Lipinski definition) is 2. The topological polar surface area (TPSA) is 77.0 Å². The highest BCUT2D eigenvalue weighted by atomic mass is 127. The van der Waals surface area contributed by atoms with Crippen molar-refractivity contribution in [1.82, 2.24) is 10.3 Å². The first-order chi connectivity index (χ1) is 13.8. The Morgan fingerprint density at radius 3 is 2.47 bits per heavy atom. The SMILES string of the molecule is CCOc1ccc(NC(=NC)NCc2ccc(OCC(F)(F)F)nc2)cc1OC.I. The monoisotopic (exact) mass is 540 g/mol. The number of methoxy groups -OCH3 is 1. The quantitative estimate of drug-likeness (QED) is 0.297. The summed E-state index contributed by atoms with van der Waals surface area (Å²) in [6.07, 6.45) is -2.96. The maximum atomic E-state index is 12.2. The van der Waals surface area contributed by atoms with Crippen molar-refractivity contribution in [3.8, 4) is 17.4 Å². The molecule has 0 amide bonds. The van der Waals surface area contributed by atoms with E-state index in [1.807, 2.05) is 13.0 Å². The van der Waals surface area contributed by atoms with Crippen LogP contribution in [0.3, 0.4) is 0 Å². The van der Waals surface area contributed by atoms with Crippen LogP contribution in [0, 0.1) is 0 Å². The van der Waals surface area contributed by atoms with Gasteiger partial charge in [0.25, 0.3) is 0 Å². The molecule has 1 heterocycles. The van der Waals surface area contributed by atoms with Gasteiger partial charge in [0.05, 0.1) is 13.7 Å².